The summed E-state index contributed by atoms with van der Waals surface area (Å²) in [4.78, 5) is 33.8. The standard InChI is InChI=1S/C21H32N4O2/c1-16-22-10-13-24(16)14-17-8-11-23(12-9-17)21(27)18-6-7-20(26)25(15-18)19-4-2-3-5-19/h10,13,17-19H,2-9,11-12,14-15H2,1H3/t18-/m0/s1. The van der Waals surface area contributed by atoms with Crippen molar-refractivity contribution in [1.29, 1.82) is 0 Å². The highest BCUT2D eigenvalue weighted by atomic mass is 16.2. The normalized spacial score (nSPS) is 25.4. The molecule has 1 aromatic rings. The van der Waals surface area contributed by atoms with Gasteiger partial charge in [-0.3, -0.25) is 9.59 Å². The molecule has 1 aliphatic carbocycles. The minimum absolute atomic E-state index is 0.00995. The van der Waals surface area contributed by atoms with E-state index in [1.807, 2.05) is 24.2 Å². The summed E-state index contributed by atoms with van der Waals surface area (Å²) < 4.78 is 2.22. The van der Waals surface area contributed by atoms with E-state index in [9.17, 15) is 9.59 Å². The zero-order valence-corrected chi connectivity index (χ0v) is 16.5. The van der Waals surface area contributed by atoms with Crippen LogP contribution in [0.5, 0.6) is 0 Å². The molecule has 27 heavy (non-hydrogen) atoms. The van der Waals surface area contributed by atoms with Crippen LogP contribution in [0.25, 0.3) is 0 Å². The number of likely N-dealkylation sites (tertiary alicyclic amines) is 2. The second-order valence-electron chi connectivity index (χ2n) is 8.62. The Morgan fingerprint density at radius 2 is 1.89 bits per heavy atom. The quantitative estimate of drug-likeness (QED) is 0.816. The molecule has 0 bridgehead atoms. The summed E-state index contributed by atoms with van der Waals surface area (Å²) in [6, 6.07) is 0.386. The summed E-state index contributed by atoms with van der Waals surface area (Å²) in [6.07, 6.45) is 12.0. The van der Waals surface area contributed by atoms with Crippen LogP contribution in [0.1, 0.15) is 57.2 Å². The van der Waals surface area contributed by atoms with Crippen molar-refractivity contribution < 1.29 is 9.59 Å². The largest absolute Gasteiger partial charge is 0.342 e. The third kappa shape index (κ3) is 4.04. The van der Waals surface area contributed by atoms with Crippen LogP contribution in [0.4, 0.5) is 0 Å². The molecule has 1 atom stereocenters. The van der Waals surface area contributed by atoms with Crippen molar-refractivity contribution in [1.82, 2.24) is 19.4 Å². The molecule has 6 nitrogen and oxygen atoms in total. The first-order valence-corrected chi connectivity index (χ1v) is 10.7. The van der Waals surface area contributed by atoms with Gasteiger partial charge in [-0.05, 0) is 44.9 Å². The molecule has 2 saturated heterocycles. The van der Waals surface area contributed by atoms with Gasteiger partial charge < -0.3 is 14.4 Å². The molecule has 1 saturated carbocycles. The number of amides is 2. The topological polar surface area (TPSA) is 58.4 Å². The van der Waals surface area contributed by atoms with Gasteiger partial charge in [0, 0.05) is 51.0 Å². The molecule has 3 fully saturated rings. The third-order valence-electron chi connectivity index (χ3n) is 6.86. The lowest BCUT2D eigenvalue weighted by Crippen LogP contribution is -2.51. The van der Waals surface area contributed by atoms with E-state index in [2.05, 4.69) is 14.5 Å². The predicted octanol–water partition coefficient (Wildman–Crippen LogP) is 2.61. The van der Waals surface area contributed by atoms with Crippen LogP contribution in [0.3, 0.4) is 0 Å². The predicted molar refractivity (Wildman–Crippen MR) is 103 cm³/mol. The number of aromatic nitrogens is 2. The number of hydrogen-bond acceptors (Lipinski definition) is 3. The van der Waals surface area contributed by atoms with Crippen LogP contribution >= 0.6 is 0 Å². The smallest absolute Gasteiger partial charge is 0.227 e. The number of imidazole rings is 1. The van der Waals surface area contributed by atoms with Crippen LogP contribution in [0.15, 0.2) is 12.4 Å². The van der Waals surface area contributed by atoms with Crippen LogP contribution in [0.2, 0.25) is 0 Å². The van der Waals surface area contributed by atoms with E-state index in [4.69, 9.17) is 0 Å². The highest BCUT2D eigenvalue weighted by Gasteiger charge is 2.37. The number of carbonyl (C=O) groups excluding carboxylic acids is 2. The van der Waals surface area contributed by atoms with Crippen LogP contribution in [-0.2, 0) is 16.1 Å². The molecule has 0 N–H and O–H groups in total. The Labute approximate surface area is 161 Å². The van der Waals surface area contributed by atoms with E-state index in [1.165, 1.54) is 12.8 Å². The van der Waals surface area contributed by atoms with Crippen LogP contribution in [0, 0.1) is 18.8 Å². The summed E-state index contributed by atoms with van der Waals surface area (Å²) in [5, 5.41) is 0. The van der Waals surface area contributed by atoms with Crippen molar-refractivity contribution in [2.75, 3.05) is 19.6 Å². The third-order valence-corrected chi connectivity index (χ3v) is 6.86. The van der Waals surface area contributed by atoms with Gasteiger partial charge in [0.2, 0.25) is 11.8 Å². The molecule has 3 heterocycles. The zero-order valence-electron chi connectivity index (χ0n) is 16.5. The minimum atomic E-state index is 0.00995. The maximum absolute atomic E-state index is 13.1. The summed E-state index contributed by atoms with van der Waals surface area (Å²) in [5.41, 5.74) is 0. The second kappa shape index (κ2) is 8.03. The fourth-order valence-corrected chi connectivity index (χ4v) is 5.11. The monoisotopic (exact) mass is 372 g/mol. The Hall–Kier alpha value is -1.85. The van der Waals surface area contributed by atoms with Gasteiger partial charge in [0.15, 0.2) is 0 Å². The fraction of sp³-hybridized carbons (Fsp3) is 0.762. The van der Waals surface area contributed by atoms with Crippen molar-refractivity contribution in [3.63, 3.8) is 0 Å². The average molecular weight is 373 g/mol. The van der Waals surface area contributed by atoms with E-state index in [0.717, 1.165) is 57.6 Å². The first kappa shape index (κ1) is 18.5. The Morgan fingerprint density at radius 3 is 2.56 bits per heavy atom. The average Bonchev–Trinajstić information content (AvgIpc) is 3.35. The summed E-state index contributed by atoms with van der Waals surface area (Å²) in [7, 11) is 0. The number of nitrogens with zero attached hydrogens (tertiary/aromatic N) is 4. The minimum Gasteiger partial charge on any atom is -0.342 e. The van der Waals surface area contributed by atoms with Gasteiger partial charge in [0.05, 0.1) is 5.92 Å². The highest BCUT2D eigenvalue weighted by molar-refractivity contribution is 5.84. The maximum Gasteiger partial charge on any atom is 0.227 e. The van der Waals surface area contributed by atoms with Gasteiger partial charge in [-0.1, -0.05) is 12.8 Å². The van der Waals surface area contributed by atoms with Gasteiger partial charge in [-0.25, -0.2) is 4.98 Å². The van der Waals surface area contributed by atoms with E-state index in [-0.39, 0.29) is 17.7 Å². The van der Waals surface area contributed by atoms with E-state index >= 15 is 0 Å². The lowest BCUT2D eigenvalue weighted by Gasteiger charge is -2.39. The fourth-order valence-electron chi connectivity index (χ4n) is 5.11. The molecule has 1 aromatic heterocycles. The molecule has 4 rings (SSSR count). The van der Waals surface area contributed by atoms with Crippen molar-refractivity contribution in [3.05, 3.63) is 18.2 Å². The Morgan fingerprint density at radius 1 is 1.15 bits per heavy atom. The Balaban J connectivity index is 1.29. The first-order chi connectivity index (χ1) is 13.1. The number of rotatable bonds is 4. The number of hydrogen-bond donors (Lipinski definition) is 0. The van der Waals surface area contributed by atoms with Gasteiger partial charge in [0.25, 0.3) is 0 Å². The molecule has 2 amide bonds. The molecule has 0 aromatic carbocycles. The highest BCUT2D eigenvalue weighted by Crippen LogP contribution is 2.30. The van der Waals surface area contributed by atoms with Crippen LogP contribution in [-0.4, -0.2) is 56.8 Å². The van der Waals surface area contributed by atoms with Crippen molar-refractivity contribution in [2.24, 2.45) is 11.8 Å². The van der Waals surface area contributed by atoms with Crippen molar-refractivity contribution in [3.8, 4) is 0 Å². The SMILES string of the molecule is Cc1nccn1CC1CCN(C(=O)[C@H]2CCC(=O)N(C3CCCC3)C2)CC1. The molecule has 148 valence electrons. The molecule has 3 aliphatic rings. The van der Waals surface area contributed by atoms with E-state index < -0.39 is 0 Å². The van der Waals surface area contributed by atoms with E-state index in [1.54, 1.807) is 0 Å². The van der Waals surface area contributed by atoms with Crippen LogP contribution < -0.4 is 0 Å². The lowest BCUT2D eigenvalue weighted by atomic mass is 9.91. The van der Waals surface area contributed by atoms with Crippen molar-refractivity contribution >= 4 is 11.8 Å². The van der Waals surface area contributed by atoms with Gasteiger partial charge >= 0.3 is 0 Å². The molecule has 2 aliphatic heterocycles. The summed E-state index contributed by atoms with van der Waals surface area (Å²) in [5.74, 6) is 2.23. The molecule has 0 spiro atoms. The number of piperidine rings is 2. The molecule has 6 heteroatoms. The Bertz CT molecular complexity index is 671. The maximum atomic E-state index is 13.1. The zero-order chi connectivity index (χ0) is 18.8. The molecular weight excluding hydrogens is 340 g/mol. The van der Waals surface area contributed by atoms with Gasteiger partial charge in [-0.15, -0.1) is 0 Å². The van der Waals surface area contributed by atoms with E-state index in [0.29, 0.717) is 24.9 Å². The number of aryl methyl sites for hydroxylation is 1. The number of carbonyl (C=O) groups is 2. The second-order valence-corrected chi connectivity index (χ2v) is 8.62. The summed E-state index contributed by atoms with van der Waals surface area (Å²) >= 11 is 0. The molecule has 0 unspecified atom stereocenters. The van der Waals surface area contributed by atoms with Gasteiger partial charge in [-0.2, -0.15) is 0 Å². The van der Waals surface area contributed by atoms with Gasteiger partial charge in [0.1, 0.15) is 5.82 Å². The molecular formula is C21H32N4O2. The Kier molecular flexibility index (Phi) is 5.50. The summed E-state index contributed by atoms with van der Waals surface area (Å²) in [6.45, 7) is 5.40. The van der Waals surface area contributed by atoms with Crippen molar-refractivity contribution in [2.45, 2.75) is 70.9 Å². The molecule has 0 radical (unpaired) electrons. The first-order valence-electron chi connectivity index (χ1n) is 10.7. The lowest BCUT2D eigenvalue weighted by molar-refractivity contribution is -0.145.